The fourth-order valence-electron chi connectivity index (χ4n) is 3.51. The third kappa shape index (κ3) is 3.75. The summed E-state index contributed by atoms with van der Waals surface area (Å²) < 4.78 is 0. The number of hydrogen-bond donors (Lipinski definition) is 1. The van der Waals surface area contributed by atoms with Crippen molar-refractivity contribution in [2.45, 2.75) is 33.2 Å². The van der Waals surface area contributed by atoms with E-state index in [0.29, 0.717) is 17.3 Å². The monoisotopic (exact) mass is 370 g/mol. The van der Waals surface area contributed by atoms with Gasteiger partial charge in [0.25, 0.3) is 0 Å². The third-order valence-corrected chi connectivity index (χ3v) is 5.11. The molecule has 1 aliphatic rings. The molecule has 136 valence electrons. The number of carbonyl (C=O) groups excluding carboxylic acids is 2. The van der Waals surface area contributed by atoms with Crippen molar-refractivity contribution in [2.75, 3.05) is 11.4 Å². The van der Waals surface area contributed by atoms with Crippen LogP contribution in [0.5, 0.6) is 0 Å². The molecule has 1 N–H and O–H groups in total. The predicted octanol–water partition coefficient (Wildman–Crippen LogP) is 4.19. The molecule has 0 radical (unpaired) electrons. The minimum absolute atomic E-state index is 0.0635. The lowest BCUT2D eigenvalue weighted by Crippen LogP contribution is -2.34. The van der Waals surface area contributed by atoms with E-state index in [1.54, 1.807) is 4.90 Å². The Morgan fingerprint density at radius 2 is 1.92 bits per heavy atom. The summed E-state index contributed by atoms with van der Waals surface area (Å²) in [7, 11) is 0. The van der Waals surface area contributed by atoms with Crippen LogP contribution in [0.1, 0.15) is 36.1 Å². The molecule has 26 heavy (non-hydrogen) atoms. The van der Waals surface area contributed by atoms with E-state index in [4.69, 9.17) is 11.6 Å². The summed E-state index contributed by atoms with van der Waals surface area (Å²) in [4.78, 5) is 26.8. The van der Waals surface area contributed by atoms with Crippen LogP contribution in [0.15, 0.2) is 42.5 Å². The average molecular weight is 371 g/mol. The van der Waals surface area contributed by atoms with Crippen molar-refractivity contribution in [1.82, 2.24) is 5.32 Å². The van der Waals surface area contributed by atoms with E-state index < -0.39 is 0 Å². The fraction of sp³-hybridized carbons (Fsp3) is 0.333. The molecule has 1 heterocycles. The van der Waals surface area contributed by atoms with Gasteiger partial charge in [-0.05, 0) is 43.5 Å². The highest BCUT2D eigenvalue weighted by molar-refractivity contribution is 6.34. The lowest BCUT2D eigenvalue weighted by Gasteiger charge is -2.21. The first-order valence-corrected chi connectivity index (χ1v) is 9.17. The number of nitrogens with zero attached hydrogens (tertiary/aromatic N) is 1. The van der Waals surface area contributed by atoms with Crippen LogP contribution in [0.4, 0.5) is 5.69 Å². The Bertz CT molecular complexity index is 812. The van der Waals surface area contributed by atoms with Crippen molar-refractivity contribution in [3.63, 3.8) is 0 Å². The summed E-state index contributed by atoms with van der Waals surface area (Å²) in [5, 5.41) is 3.57. The van der Waals surface area contributed by atoms with Gasteiger partial charge in [-0.3, -0.25) is 9.59 Å². The van der Waals surface area contributed by atoms with E-state index in [9.17, 15) is 9.59 Å². The third-order valence-electron chi connectivity index (χ3n) is 4.82. The van der Waals surface area contributed by atoms with Gasteiger partial charge < -0.3 is 10.2 Å². The number of aryl methyl sites for hydroxylation is 2. The molecule has 0 aliphatic carbocycles. The average Bonchev–Trinajstić information content (AvgIpc) is 2.96. The van der Waals surface area contributed by atoms with Gasteiger partial charge in [-0.25, -0.2) is 0 Å². The van der Waals surface area contributed by atoms with E-state index in [-0.39, 0.29) is 30.2 Å². The van der Waals surface area contributed by atoms with Crippen LogP contribution in [-0.4, -0.2) is 18.4 Å². The summed E-state index contributed by atoms with van der Waals surface area (Å²) >= 11 is 6.38. The zero-order chi connectivity index (χ0) is 18.8. The highest BCUT2D eigenvalue weighted by Crippen LogP contribution is 2.35. The maximum atomic E-state index is 12.7. The van der Waals surface area contributed by atoms with Crippen LogP contribution >= 0.6 is 11.6 Å². The molecule has 5 heteroatoms. The van der Waals surface area contributed by atoms with E-state index >= 15 is 0 Å². The van der Waals surface area contributed by atoms with Crippen molar-refractivity contribution in [1.29, 1.82) is 0 Å². The second-order valence-corrected chi connectivity index (χ2v) is 7.37. The van der Waals surface area contributed by atoms with Gasteiger partial charge in [0.05, 0.1) is 22.7 Å². The summed E-state index contributed by atoms with van der Waals surface area (Å²) in [6.07, 6.45) is 0.205. The van der Waals surface area contributed by atoms with Crippen molar-refractivity contribution >= 4 is 29.1 Å². The number of anilines is 1. The quantitative estimate of drug-likeness (QED) is 0.877. The normalized spacial score (nSPS) is 18.1. The smallest absolute Gasteiger partial charge is 0.227 e. The number of amides is 2. The lowest BCUT2D eigenvalue weighted by atomic mass is 10.0. The Kier molecular flexibility index (Phi) is 5.33. The molecule has 1 saturated heterocycles. The number of benzene rings is 2. The van der Waals surface area contributed by atoms with Gasteiger partial charge in [-0.1, -0.05) is 48.0 Å². The van der Waals surface area contributed by atoms with Crippen LogP contribution in [0.25, 0.3) is 0 Å². The minimum Gasteiger partial charge on any atom is -0.349 e. The second-order valence-electron chi connectivity index (χ2n) is 6.96. The number of carbonyl (C=O) groups is 2. The van der Waals surface area contributed by atoms with E-state index in [1.165, 1.54) is 0 Å². The molecule has 2 amide bonds. The molecule has 1 fully saturated rings. The number of halogens is 1. The maximum absolute atomic E-state index is 12.7. The number of rotatable bonds is 4. The zero-order valence-corrected chi connectivity index (χ0v) is 16.0. The summed E-state index contributed by atoms with van der Waals surface area (Å²) in [5.74, 6) is -0.533. The Labute approximate surface area is 159 Å². The summed E-state index contributed by atoms with van der Waals surface area (Å²) in [5.41, 5.74) is 3.75. The summed E-state index contributed by atoms with van der Waals surface area (Å²) in [6.45, 7) is 6.21. The Morgan fingerprint density at radius 3 is 2.58 bits per heavy atom. The Morgan fingerprint density at radius 1 is 1.23 bits per heavy atom. The first-order valence-electron chi connectivity index (χ1n) is 8.79. The molecule has 2 unspecified atom stereocenters. The molecule has 0 saturated carbocycles. The van der Waals surface area contributed by atoms with Gasteiger partial charge in [0, 0.05) is 13.0 Å². The van der Waals surface area contributed by atoms with Gasteiger partial charge >= 0.3 is 0 Å². The number of nitrogens with one attached hydrogen (secondary N) is 1. The molecule has 2 aromatic rings. The van der Waals surface area contributed by atoms with Crippen LogP contribution < -0.4 is 10.2 Å². The maximum Gasteiger partial charge on any atom is 0.227 e. The van der Waals surface area contributed by atoms with Crippen molar-refractivity contribution in [3.05, 3.63) is 64.2 Å². The van der Waals surface area contributed by atoms with Crippen LogP contribution in [0.2, 0.25) is 5.02 Å². The van der Waals surface area contributed by atoms with Gasteiger partial charge in [0.15, 0.2) is 0 Å². The predicted molar refractivity (Wildman–Crippen MR) is 104 cm³/mol. The molecule has 2 atom stereocenters. The second kappa shape index (κ2) is 7.50. The highest BCUT2D eigenvalue weighted by Gasteiger charge is 2.37. The first-order chi connectivity index (χ1) is 12.4. The standard InChI is InChI=1S/C21H23ClN2O2/c1-13-9-14(2)20(18(22)10-13)24-12-17(11-19(24)25)21(26)23-15(3)16-7-5-4-6-8-16/h4-10,15,17H,11-12H2,1-3H3,(H,23,26). The van der Waals surface area contributed by atoms with E-state index in [2.05, 4.69) is 5.32 Å². The fourth-order valence-corrected chi connectivity index (χ4v) is 3.93. The molecule has 0 bridgehead atoms. The topological polar surface area (TPSA) is 49.4 Å². The van der Waals surface area contributed by atoms with Gasteiger partial charge in [-0.2, -0.15) is 0 Å². The van der Waals surface area contributed by atoms with Crippen LogP contribution in [-0.2, 0) is 9.59 Å². The summed E-state index contributed by atoms with van der Waals surface area (Å²) in [6, 6.07) is 13.5. The Hall–Kier alpha value is -2.33. The van der Waals surface area contributed by atoms with E-state index in [1.807, 2.05) is 63.2 Å². The van der Waals surface area contributed by atoms with Gasteiger partial charge in [0.1, 0.15) is 0 Å². The number of hydrogen-bond acceptors (Lipinski definition) is 2. The van der Waals surface area contributed by atoms with Crippen LogP contribution in [0, 0.1) is 19.8 Å². The minimum atomic E-state index is -0.370. The molecular weight excluding hydrogens is 348 g/mol. The highest BCUT2D eigenvalue weighted by atomic mass is 35.5. The first kappa shape index (κ1) is 18.5. The van der Waals surface area contributed by atoms with Crippen molar-refractivity contribution in [3.8, 4) is 0 Å². The molecule has 2 aromatic carbocycles. The Balaban J connectivity index is 1.73. The molecule has 1 aliphatic heterocycles. The van der Waals surface area contributed by atoms with E-state index in [0.717, 1.165) is 16.7 Å². The van der Waals surface area contributed by atoms with Crippen LogP contribution in [0.3, 0.4) is 0 Å². The molecule has 0 spiro atoms. The van der Waals surface area contributed by atoms with Gasteiger partial charge in [-0.15, -0.1) is 0 Å². The molecule has 4 nitrogen and oxygen atoms in total. The molecular formula is C21H23ClN2O2. The van der Waals surface area contributed by atoms with Crippen molar-refractivity contribution in [2.24, 2.45) is 5.92 Å². The molecule has 3 rings (SSSR count). The van der Waals surface area contributed by atoms with Gasteiger partial charge in [0.2, 0.25) is 11.8 Å². The largest absolute Gasteiger partial charge is 0.349 e. The lowest BCUT2D eigenvalue weighted by molar-refractivity contribution is -0.126. The van der Waals surface area contributed by atoms with Crippen molar-refractivity contribution < 1.29 is 9.59 Å². The SMILES string of the molecule is Cc1cc(C)c(N2CC(C(=O)NC(C)c3ccccc3)CC2=O)c(Cl)c1. The molecule has 0 aromatic heterocycles. The zero-order valence-electron chi connectivity index (χ0n) is 15.3.